The van der Waals surface area contributed by atoms with Crippen LogP contribution in [0.4, 0.5) is 0 Å². The molecule has 2 heterocycles. The SMILES string of the molecule is CCOc1ccc2[nH]c(=O)c(CN(C[C@H]3CCCO3)C(=S)NC)cc2c1. The van der Waals surface area contributed by atoms with Gasteiger partial charge in [0.15, 0.2) is 5.11 Å². The number of nitrogens with one attached hydrogen (secondary N) is 2. The zero-order valence-electron chi connectivity index (χ0n) is 15.2. The third-order valence-electron chi connectivity index (χ3n) is 4.51. The average molecular weight is 375 g/mol. The minimum atomic E-state index is -0.0992. The first-order chi connectivity index (χ1) is 12.6. The highest BCUT2D eigenvalue weighted by atomic mass is 32.1. The molecule has 0 unspecified atom stereocenters. The van der Waals surface area contributed by atoms with Crippen molar-refractivity contribution in [1.29, 1.82) is 0 Å². The molecule has 1 aromatic carbocycles. The Balaban J connectivity index is 1.87. The summed E-state index contributed by atoms with van der Waals surface area (Å²) >= 11 is 5.43. The maximum atomic E-state index is 12.5. The molecule has 1 atom stereocenters. The Hall–Kier alpha value is -2.12. The lowest BCUT2D eigenvalue weighted by atomic mass is 10.1. The number of fused-ring (bicyclic) bond motifs is 1. The predicted octanol–water partition coefficient (Wildman–Crippen LogP) is 2.41. The molecule has 1 aliphatic heterocycles. The van der Waals surface area contributed by atoms with E-state index in [1.807, 2.05) is 36.1 Å². The second kappa shape index (κ2) is 8.51. The van der Waals surface area contributed by atoms with E-state index < -0.39 is 0 Å². The highest BCUT2D eigenvalue weighted by molar-refractivity contribution is 7.80. The van der Waals surface area contributed by atoms with Crippen molar-refractivity contribution in [2.24, 2.45) is 0 Å². The first kappa shape index (κ1) is 18.7. The zero-order chi connectivity index (χ0) is 18.5. The highest BCUT2D eigenvalue weighted by Crippen LogP contribution is 2.20. The quantitative estimate of drug-likeness (QED) is 0.756. The Bertz CT molecular complexity index is 830. The fourth-order valence-electron chi connectivity index (χ4n) is 3.22. The van der Waals surface area contributed by atoms with Gasteiger partial charge in [0, 0.05) is 36.7 Å². The molecule has 2 N–H and O–H groups in total. The summed E-state index contributed by atoms with van der Waals surface area (Å²) < 4.78 is 11.3. The molecule has 0 bridgehead atoms. The molecular weight excluding hydrogens is 350 g/mol. The number of hydrogen-bond donors (Lipinski definition) is 2. The number of rotatable bonds is 6. The van der Waals surface area contributed by atoms with E-state index >= 15 is 0 Å². The minimum absolute atomic E-state index is 0.0992. The van der Waals surface area contributed by atoms with Gasteiger partial charge in [-0.1, -0.05) is 0 Å². The van der Waals surface area contributed by atoms with Crippen LogP contribution >= 0.6 is 12.2 Å². The fourth-order valence-corrected chi connectivity index (χ4v) is 3.36. The van der Waals surface area contributed by atoms with Crippen LogP contribution in [-0.4, -0.2) is 47.9 Å². The van der Waals surface area contributed by atoms with Crippen LogP contribution in [0.15, 0.2) is 29.1 Å². The number of aromatic nitrogens is 1. The topological polar surface area (TPSA) is 66.6 Å². The molecule has 0 amide bonds. The van der Waals surface area contributed by atoms with Gasteiger partial charge in [0.1, 0.15) is 5.75 Å². The number of aromatic amines is 1. The molecule has 0 radical (unpaired) electrons. The summed E-state index contributed by atoms with van der Waals surface area (Å²) in [6, 6.07) is 7.59. The van der Waals surface area contributed by atoms with Gasteiger partial charge < -0.3 is 24.7 Å². The fraction of sp³-hybridized carbons (Fsp3) is 0.474. The van der Waals surface area contributed by atoms with E-state index in [9.17, 15) is 4.79 Å². The molecule has 3 rings (SSSR count). The first-order valence-electron chi connectivity index (χ1n) is 8.97. The van der Waals surface area contributed by atoms with Crippen LogP contribution in [0, 0.1) is 0 Å². The standard InChI is InChI=1S/C19H25N3O3S/c1-3-24-15-6-7-17-13(10-15)9-14(18(23)21-17)11-22(19(26)20-2)12-16-5-4-8-25-16/h6-7,9-10,16H,3-5,8,11-12H2,1-2H3,(H,20,26)(H,21,23)/t16-/m1/s1. The van der Waals surface area contributed by atoms with Crippen molar-refractivity contribution in [2.45, 2.75) is 32.4 Å². The lowest BCUT2D eigenvalue weighted by Gasteiger charge is -2.27. The van der Waals surface area contributed by atoms with Gasteiger partial charge >= 0.3 is 0 Å². The largest absolute Gasteiger partial charge is 0.494 e. The molecule has 140 valence electrons. The van der Waals surface area contributed by atoms with Gasteiger partial charge in [-0.15, -0.1) is 0 Å². The van der Waals surface area contributed by atoms with Gasteiger partial charge in [0.25, 0.3) is 5.56 Å². The smallest absolute Gasteiger partial charge is 0.253 e. The van der Waals surface area contributed by atoms with Crippen molar-refractivity contribution in [3.8, 4) is 5.75 Å². The van der Waals surface area contributed by atoms with Crippen molar-refractivity contribution in [3.63, 3.8) is 0 Å². The van der Waals surface area contributed by atoms with E-state index in [0.29, 0.717) is 30.4 Å². The number of H-pyrrole nitrogens is 1. The van der Waals surface area contributed by atoms with Gasteiger partial charge in [-0.25, -0.2) is 0 Å². The number of pyridine rings is 1. The first-order valence-corrected chi connectivity index (χ1v) is 9.38. The third-order valence-corrected chi connectivity index (χ3v) is 4.98. The van der Waals surface area contributed by atoms with Gasteiger partial charge in [-0.3, -0.25) is 4.79 Å². The van der Waals surface area contributed by atoms with Gasteiger partial charge in [-0.05, 0) is 56.2 Å². The Labute approximate surface area is 158 Å². The summed E-state index contributed by atoms with van der Waals surface area (Å²) in [6.07, 6.45) is 2.25. The molecule has 1 aliphatic rings. The monoisotopic (exact) mass is 375 g/mol. The van der Waals surface area contributed by atoms with E-state index in [0.717, 1.165) is 36.1 Å². The van der Waals surface area contributed by atoms with Crippen LogP contribution in [0.1, 0.15) is 25.3 Å². The van der Waals surface area contributed by atoms with E-state index in [1.54, 1.807) is 7.05 Å². The van der Waals surface area contributed by atoms with Crippen LogP contribution < -0.4 is 15.6 Å². The molecule has 6 nitrogen and oxygen atoms in total. The number of thiocarbonyl (C=S) groups is 1. The molecule has 26 heavy (non-hydrogen) atoms. The minimum Gasteiger partial charge on any atom is -0.494 e. The molecule has 1 saturated heterocycles. The number of nitrogens with zero attached hydrogens (tertiary/aromatic N) is 1. The van der Waals surface area contributed by atoms with E-state index in [1.165, 1.54) is 0 Å². The van der Waals surface area contributed by atoms with Crippen molar-refractivity contribution in [3.05, 3.63) is 40.2 Å². The summed E-state index contributed by atoms with van der Waals surface area (Å²) in [5.74, 6) is 0.792. The summed E-state index contributed by atoms with van der Waals surface area (Å²) in [5.41, 5.74) is 1.36. The second-order valence-electron chi connectivity index (χ2n) is 6.38. The molecule has 0 spiro atoms. The maximum Gasteiger partial charge on any atom is 0.253 e. The summed E-state index contributed by atoms with van der Waals surface area (Å²) in [5, 5.41) is 4.57. The third kappa shape index (κ3) is 4.34. The van der Waals surface area contributed by atoms with Gasteiger partial charge in [0.2, 0.25) is 0 Å². The van der Waals surface area contributed by atoms with E-state index in [4.69, 9.17) is 21.7 Å². The van der Waals surface area contributed by atoms with E-state index in [-0.39, 0.29) is 11.7 Å². The number of hydrogen-bond acceptors (Lipinski definition) is 4. The molecule has 1 aromatic heterocycles. The predicted molar refractivity (Wildman–Crippen MR) is 107 cm³/mol. The maximum absolute atomic E-state index is 12.5. The normalized spacial score (nSPS) is 16.6. The number of benzene rings is 1. The molecule has 2 aromatic rings. The second-order valence-corrected chi connectivity index (χ2v) is 6.76. The van der Waals surface area contributed by atoms with Crippen LogP contribution in [0.2, 0.25) is 0 Å². The molecule has 1 fully saturated rings. The molecule has 7 heteroatoms. The summed E-state index contributed by atoms with van der Waals surface area (Å²) in [6.45, 7) is 4.46. The summed E-state index contributed by atoms with van der Waals surface area (Å²) in [7, 11) is 1.80. The van der Waals surface area contributed by atoms with Gasteiger partial charge in [-0.2, -0.15) is 0 Å². The van der Waals surface area contributed by atoms with Gasteiger partial charge in [0.05, 0.1) is 19.3 Å². The van der Waals surface area contributed by atoms with Crippen molar-refractivity contribution >= 4 is 28.2 Å². The lowest BCUT2D eigenvalue weighted by Crippen LogP contribution is -2.42. The van der Waals surface area contributed by atoms with Crippen molar-refractivity contribution < 1.29 is 9.47 Å². The van der Waals surface area contributed by atoms with Crippen LogP contribution in [-0.2, 0) is 11.3 Å². The van der Waals surface area contributed by atoms with Crippen molar-refractivity contribution in [2.75, 3.05) is 26.8 Å². The van der Waals surface area contributed by atoms with E-state index in [2.05, 4.69) is 10.3 Å². The Morgan fingerprint density at radius 1 is 1.46 bits per heavy atom. The lowest BCUT2D eigenvalue weighted by molar-refractivity contribution is 0.0898. The van der Waals surface area contributed by atoms with Crippen molar-refractivity contribution in [1.82, 2.24) is 15.2 Å². The zero-order valence-corrected chi connectivity index (χ0v) is 16.0. The molecule has 0 aliphatic carbocycles. The Kier molecular flexibility index (Phi) is 6.11. The Morgan fingerprint density at radius 3 is 3.00 bits per heavy atom. The highest BCUT2D eigenvalue weighted by Gasteiger charge is 2.21. The Morgan fingerprint density at radius 2 is 2.31 bits per heavy atom. The molecular formula is C19H25N3O3S. The average Bonchev–Trinajstić information content (AvgIpc) is 3.14. The van der Waals surface area contributed by atoms with Crippen LogP contribution in [0.25, 0.3) is 10.9 Å². The summed E-state index contributed by atoms with van der Waals surface area (Å²) in [4.78, 5) is 17.5. The molecule has 0 saturated carbocycles. The van der Waals surface area contributed by atoms with Crippen LogP contribution in [0.3, 0.4) is 0 Å². The number of ether oxygens (including phenoxy) is 2. The van der Waals surface area contributed by atoms with Crippen LogP contribution in [0.5, 0.6) is 5.75 Å².